The number of benzene rings is 1. The molecule has 1 N–H and O–H groups in total. The van der Waals surface area contributed by atoms with Gasteiger partial charge in [-0.3, -0.25) is 23.6 Å². The van der Waals surface area contributed by atoms with E-state index in [2.05, 4.69) is 32.2 Å². The summed E-state index contributed by atoms with van der Waals surface area (Å²) in [5, 5.41) is 8.28. The lowest BCUT2D eigenvalue weighted by atomic mass is 10.2. The second kappa shape index (κ2) is 13.4. The third-order valence-corrected chi connectivity index (χ3v) is 7.45. The highest BCUT2D eigenvalue weighted by atomic mass is 35.5. The average Bonchev–Trinajstić information content (AvgIpc) is 3.57. The number of imidazole rings is 1. The Kier molecular flexibility index (Phi) is 9.89. The van der Waals surface area contributed by atoms with E-state index in [0.29, 0.717) is 35.7 Å². The van der Waals surface area contributed by atoms with E-state index in [4.69, 9.17) is 4.74 Å². The number of halogens is 2. The molecule has 6 rings (SSSR count). The van der Waals surface area contributed by atoms with Crippen molar-refractivity contribution in [2.45, 2.75) is 6.54 Å². The number of nitrogens with zero attached hydrogens (tertiary/aromatic N) is 7. The van der Waals surface area contributed by atoms with Gasteiger partial charge in [-0.15, -0.1) is 24.8 Å². The summed E-state index contributed by atoms with van der Waals surface area (Å²) in [7, 11) is 3.87. The summed E-state index contributed by atoms with van der Waals surface area (Å²) in [6, 6.07) is 13.0. The van der Waals surface area contributed by atoms with Gasteiger partial charge in [0.05, 0.1) is 30.1 Å². The predicted molar refractivity (Wildman–Crippen MR) is 168 cm³/mol. The third kappa shape index (κ3) is 6.44. The van der Waals surface area contributed by atoms with Crippen molar-refractivity contribution in [1.29, 1.82) is 0 Å². The molecule has 0 aliphatic carbocycles. The Labute approximate surface area is 255 Å². The number of piperazine rings is 1. The Morgan fingerprint density at radius 3 is 2.62 bits per heavy atom. The Hall–Kier alpha value is -3.90. The summed E-state index contributed by atoms with van der Waals surface area (Å²) in [4.78, 5) is 34.9. The molecule has 222 valence electrons. The largest absolute Gasteiger partial charge is 0.492 e. The van der Waals surface area contributed by atoms with Crippen LogP contribution < -0.4 is 15.6 Å². The lowest BCUT2D eigenvalue weighted by Gasteiger charge is -2.32. The van der Waals surface area contributed by atoms with Gasteiger partial charge >= 0.3 is 0 Å². The first-order valence-corrected chi connectivity index (χ1v) is 13.4. The van der Waals surface area contributed by atoms with Gasteiger partial charge in [0, 0.05) is 69.2 Å². The molecule has 0 bridgehead atoms. The number of pyridine rings is 2. The van der Waals surface area contributed by atoms with E-state index in [0.717, 1.165) is 49.4 Å². The minimum atomic E-state index is -0.284. The molecule has 1 aromatic carbocycles. The number of aryl methyl sites for hydroxylation is 1. The fourth-order valence-corrected chi connectivity index (χ4v) is 5.04. The Bertz CT molecular complexity index is 1740. The van der Waals surface area contributed by atoms with Crippen LogP contribution in [0.5, 0.6) is 5.75 Å². The highest BCUT2D eigenvalue weighted by molar-refractivity contribution is 6.08. The highest BCUT2D eigenvalue weighted by Gasteiger charge is 2.17. The monoisotopic (exact) mass is 612 g/mol. The minimum absolute atomic E-state index is 0. The zero-order valence-electron chi connectivity index (χ0n) is 23.5. The summed E-state index contributed by atoms with van der Waals surface area (Å²) in [6.45, 7) is 6.09. The van der Waals surface area contributed by atoms with Gasteiger partial charge in [0.1, 0.15) is 23.7 Å². The SMILES string of the molecule is CN1CCN(CCOc2ccn3c(C(=O)Nc4cccc5c4cnn5Cc4cccn(C)c4=O)cnc3c2)CC1.Cl.Cl. The van der Waals surface area contributed by atoms with Crippen molar-refractivity contribution in [3.05, 3.63) is 88.9 Å². The number of carbonyl (C=O) groups is 1. The number of amides is 1. The van der Waals surface area contributed by atoms with Crippen LogP contribution in [0.4, 0.5) is 5.69 Å². The lowest BCUT2D eigenvalue weighted by Crippen LogP contribution is -2.45. The summed E-state index contributed by atoms with van der Waals surface area (Å²) in [6.07, 6.45) is 6.80. The molecule has 0 atom stereocenters. The van der Waals surface area contributed by atoms with Gasteiger partial charge < -0.3 is 19.5 Å². The molecule has 42 heavy (non-hydrogen) atoms. The van der Waals surface area contributed by atoms with E-state index in [-0.39, 0.29) is 36.3 Å². The molecule has 5 aromatic rings. The number of rotatable bonds is 8. The maximum absolute atomic E-state index is 13.3. The maximum atomic E-state index is 13.3. The van der Waals surface area contributed by atoms with Crippen LogP contribution in [-0.2, 0) is 13.6 Å². The van der Waals surface area contributed by atoms with E-state index in [9.17, 15) is 9.59 Å². The number of anilines is 1. The summed E-state index contributed by atoms with van der Waals surface area (Å²) >= 11 is 0. The Balaban J connectivity index is 0.00000202. The molecule has 1 aliphatic heterocycles. The molecular formula is C29H34Cl2N8O3. The maximum Gasteiger partial charge on any atom is 0.274 e. The van der Waals surface area contributed by atoms with Crippen molar-refractivity contribution in [1.82, 2.24) is 33.5 Å². The Morgan fingerprint density at radius 2 is 1.81 bits per heavy atom. The number of fused-ring (bicyclic) bond motifs is 2. The van der Waals surface area contributed by atoms with E-state index in [1.165, 1.54) is 0 Å². The fourth-order valence-electron chi connectivity index (χ4n) is 5.04. The number of hydrogen-bond donors (Lipinski definition) is 1. The standard InChI is InChI=1S/C29H32N8O3.2ClH/c1-33-11-13-35(14-12-33)15-16-40-22-8-10-36-26(19-30-27(36)17-22)28(38)32-24-6-3-7-25-23(24)18-31-37(25)20-21-5-4-9-34(2)29(21)39;;/h3-10,17-19H,11-16,20H2,1-2H3,(H,32,38);2*1H. The van der Waals surface area contributed by atoms with E-state index in [1.807, 2.05) is 36.4 Å². The van der Waals surface area contributed by atoms with Crippen LogP contribution in [0.2, 0.25) is 0 Å². The Morgan fingerprint density at radius 1 is 1.00 bits per heavy atom. The summed E-state index contributed by atoms with van der Waals surface area (Å²) in [5.74, 6) is 0.443. The van der Waals surface area contributed by atoms with Crippen molar-refractivity contribution in [2.75, 3.05) is 51.7 Å². The van der Waals surface area contributed by atoms with E-state index < -0.39 is 0 Å². The summed E-state index contributed by atoms with van der Waals surface area (Å²) in [5.41, 5.74) is 3.08. The second-order valence-corrected chi connectivity index (χ2v) is 10.2. The van der Waals surface area contributed by atoms with Crippen molar-refractivity contribution in [3.8, 4) is 5.75 Å². The quantitative estimate of drug-likeness (QED) is 0.287. The lowest BCUT2D eigenvalue weighted by molar-refractivity contribution is 0.102. The van der Waals surface area contributed by atoms with Gasteiger partial charge in [-0.05, 0) is 31.3 Å². The van der Waals surface area contributed by atoms with Gasteiger partial charge in [-0.2, -0.15) is 5.10 Å². The smallest absolute Gasteiger partial charge is 0.274 e. The van der Waals surface area contributed by atoms with Crippen LogP contribution in [0.1, 0.15) is 16.1 Å². The van der Waals surface area contributed by atoms with Crippen LogP contribution in [0.15, 0.2) is 72.0 Å². The molecule has 0 unspecified atom stereocenters. The van der Waals surface area contributed by atoms with Crippen molar-refractivity contribution >= 4 is 53.0 Å². The second-order valence-electron chi connectivity index (χ2n) is 10.2. The topological polar surface area (TPSA) is 102 Å². The first-order chi connectivity index (χ1) is 19.5. The third-order valence-electron chi connectivity index (χ3n) is 7.45. The molecule has 0 spiro atoms. The molecule has 1 amide bonds. The molecule has 1 fully saturated rings. The first kappa shape index (κ1) is 31.0. The van der Waals surface area contributed by atoms with Gasteiger partial charge in [-0.1, -0.05) is 12.1 Å². The zero-order chi connectivity index (χ0) is 27.6. The minimum Gasteiger partial charge on any atom is -0.492 e. The first-order valence-electron chi connectivity index (χ1n) is 13.4. The predicted octanol–water partition coefficient (Wildman–Crippen LogP) is 3.15. The number of likely N-dealkylation sites (N-methyl/N-ethyl adjacent to an activating group) is 1. The van der Waals surface area contributed by atoms with Gasteiger partial charge in [-0.25, -0.2) is 4.98 Å². The number of carbonyl (C=O) groups excluding carboxylic acids is 1. The number of ether oxygens (including phenoxy) is 1. The normalized spacial score (nSPS) is 14.0. The van der Waals surface area contributed by atoms with Crippen LogP contribution in [0.25, 0.3) is 16.6 Å². The molecule has 1 saturated heterocycles. The molecule has 11 nitrogen and oxygen atoms in total. The van der Waals surface area contributed by atoms with Gasteiger partial charge in [0.15, 0.2) is 0 Å². The van der Waals surface area contributed by atoms with E-state index >= 15 is 0 Å². The molecule has 4 aromatic heterocycles. The molecule has 13 heteroatoms. The van der Waals surface area contributed by atoms with Crippen molar-refractivity contribution < 1.29 is 9.53 Å². The average molecular weight is 614 g/mol. The van der Waals surface area contributed by atoms with Crippen LogP contribution >= 0.6 is 24.8 Å². The van der Waals surface area contributed by atoms with Crippen LogP contribution in [0.3, 0.4) is 0 Å². The molecule has 5 heterocycles. The van der Waals surface area contributed by atoms with Crippen molar-refractivity contribution in [3.63, 3.8) is 0 Å². The number of aromatic nitrogens is 5. The van der Waals surface area contributed by atoms with Gasteiger partial charge in [0.2, 0.25) is 0 Å². The number of hydrogen-bond acceptors (Lipinski definition) is 7. The fraction of sp³-hybridized carbons (Fsp3) is 0.310. The zero-order valence-corrected chi connectivity index (χ0v) is 25.1. The molecule has 1 aliphatic rings. The van der Waals surface area contributed by atoms with Gasteiger partial charge in [0.25, 0.3) is 11.5 Å². The highest BCUT2D eigenvalue weighted by Crippen LogP contribution is 2.25. The summed E-state index contributed by atoms with van der Waals surface area (Å²) < 4.78 is 11.0. The van der Waals surface area contributed by atoms with Crippen LogP contribution in [-0.4, -0.2) is 85.8 Å². The molecular weight excluding hydrogens is 579 g/mol. The number of nitrogens with one attached hydrogen (secondary N) is 1. The van der Waals surface area contributed by atoms with Crippen molar-refractivity contribution in [2.24, 2.45) is 7.05 Å². The molecule has 0 radical (unpaired) electrons. The van der Waals surface area contributed by atoms with E-state index in [1.54, 1.807) is 51.6 Å². The molecule has 0 saturated carbocycles. The van der Waals surface area contributed by atoms with Crippen LogP contribution in [0, 0.1) is 0 Å².